The number of benzene rings is 1. The minimum atomic E-state index is 0.0463. The van der Waals surface area contributed by atoms with Gasteiger partial charge in [0.2, 0.25) is 11.9 Å². The van der Waals surface area contributed by atoms with Crippen molar-refractivity contribution in [1.82, 2.24) is 14.8 Å². The van der Waals surface area contributed by atoms with Gasteiger partial charge in [0, 0.05) is 24.4 Å². The van der Waals surface area contributed by atoms with Crippen LogP contribution in [0.2, 0.25) is 0 Å². The van der Waals surface area contributed by atoms with Crippen molar-refractivity contribution in [3.05, 3.63) is 30.3 Å². The van der Waals surface area contributed by atoms with Crippen molar-refractivity contribution >= 4 is 11.9 Å². The van der Waals surface area contributed by atoms with E-state index in [4.69, 9.17) is 10.1 Å². The number of hydrogen-bond donors (Lipinski definition) is 0. The van der Waals surface area contributed by atoms with E-state index < -0.39 is 0 Å². The lowest BCUT2D eigenvalue weighted by atomic mass is 9.64. The van der Waals surface area contributed by atoms with Gasteiger partial charge in [-0.2, -0.15) is 4.98 Å². The third-order valence-corrected chi connectivity index (χ3v) is 7.07. The number of carbonyl (C=O) groups excluding carboxylic acids is 1. The molecule has 142 valence electrons. The summed E-state index contributed by atoms with van der Waals surface area (Å²) in [6.07, 6.45) is 10.9. The monoisotopic (exact) mass is 364 g/mol. The fourth-order valence-corrected chi connectivity index (χ4v) is 5.94. The summed E-state index contributed by atoms with van der Waals surface area (Å²) in [5, 5.41) is 5.03. The lowest BCUT2D eigenvalue weighted by Gasteiger charge is -2.55. The van der Waals surface area contributed by atoms with Crippen LogP contribution in [0, 0.1) is 5.92 Å². The second-order valence-electron chi connectivity index (χ2n) is 8.52. The van der Waals surface area contributed by atoms with Gasteiger partial charge in [-0.3, -0.25) is 9.69 Å². The Morgan fingerprint density at radius 3 is 2.52 bits per heavy atom. The first-order valence-corrected chi connectivity index (χ1v) is 10.5. The molecule has 3 aliphatic rings. The fraction of sp³-hybridized carbons (Fsp3) is 0.591. The summed E-state index contributed by atoms with van der Waals surface area (Å²) in [5.41, 5.74) is 1.07. The van der Waals surface area contributed by atoms with E-state index in [1.807, 2.05) is 23.1 Å². The minimum Gasteiger partial charge on any atom is -0.278 e. The maximum atomic E-state index is 12.7. The Balaban J connectivity index is 1.71. The topological polar surface area (TPSA) is 51.0 Å². The van der Waals surface area contributed by atoms with Gasteiger partial charge in [0.25, 0.3) is 0 Å². The summed E-state index contributed by atoms with van der Waals surface area (Å²) in [4.78, 5) is 19.6. The smallest absolute Gasteiger partial charge is 0.231 e. The molecule has 2 saturated carbocycles. The van der Waals surface area contributed by atoms with Crippen molar-refractivity contribution in [2.24, 2.45) is 5.92 Å². The van der Waals surface area contributed by atoms with Crippen LogP contribution in [0.1, 0.15) is 64.7 Å². The lowest BCUT2D eigenvalue weighted by Crippen LogP contribution is -2.61. The average Bonchev–Trinajstić information content (AvgIpc) is 3.15. The summed E-state index contributed by atoms with van der Waals surface area (Å²) < 4.78 is 2.18. The maximum absolute atomic E-state index is 12.7. The van der Waals surface area contributed by atoms with Crippen molar-refractivity contribution in [1.29, 1.82) is 0 Å². The molecule has 0 bridgehead atoms. The Hall–Kier alpha value is -2.17. The van der Waals surface area contributed by atoms with Crippen molar-refractivity contribution < 1.29 is 4.79 Å². The maximum Gasteiger partial charge on any atom is 0.231 e. The van der Waals surface area contributed by atoms with Crippen LogP contribution in [0.15, 0.2) is 30.3 Å². The molecule has 2 atom stereocenters. The third-order valence-electron chi connectivity index (χ3n) is 7.07. The molecule has 5 heteroatoms. The van der Waals surface area contributed by atoms with E-state index in [1.54, 1.807) is 6.92 Å². The van der Waals surface area contributed by atoms with E-state index >= 15 is 0 Å². The molecule has 0 saturated heterocycles. The molecule has 1 aromatic heterocycles. The van der Waals surface area contributed by atoms with E-state index in [1.165, 1.54) is 51.4 Å². The summed E-state index contributed by atoms with van der Waals surface area (Å²) in [6, 6.07) is 10.5. The van der Waals surface area contributed by atoms with Gasteiger partial charge in [-0.1, -0.05) is 62.4 Å². The molecule has 1 aromatic carbocycles. The molecule has 2 aromatic rings. The van der Waals surface area contributed by atoms with Crippen LogP contribution in [-0.4, -0.2) is 26.7 Å². The van der Waals surface area contributed by atoms with Gasteiger partial charge in [-0.05, 0) is 25.7 Å². The van der Waals surface area contributed by atoms with Crippen LogP contribution in [-0.2, 0) is 10.3 Å². The highest BCUT2D eigenvalue weighted by atomic mass is 16.2. The summed E-state index contributed by atoms with van der Waals surface area (Å²) in [6.45, 7) is 1.69. The van der Waals surface area contributed by atoms with Crippen LogP contribution in [0.5, 0.6) is 0 Å². The molecule has 5 rings (SSSR count). The van der Waals surface area contributed by atoms with E-state index in [-0.39, 0.29) is 17.5 Å². The number of aromatic nitrogens is 3. The predicted molar refractivity (Wildman–Crippen MR) is 105 cm³/mol. The average molecular weight is 364 g/mol. The van der Waals surface area contributed by atoms with E-state index in [2.05, 4.69) is 16.8 Å². The van der Waals surface area contributed by atoms with Gasteiger partial charge in [-0.15, -0.1) is 5.10 Å². The number of amides is 1. The van der Waals surface area contributed by atoms with Gasteiger partial charge in [0.1, 0.15) is 0 Å². The minimum absolute atomic E-state index is 0.0463. The van der Waals surface area contributed by atoms with Crippen molar-refractivity contribution in [3.63, 3.8) is 0 Å². The molecule has 5 nitrogen and oxygen atoms in total. The number of hydrogen-bond acceptors (Lipinski definition) is 3. The predicted octanol–water partition coefficient (Wildman–Crippen LogP) is 4.53. The van der Waals surface area contributed by atoms with E-state index in [0.717, 1.165) is 23.8 Å². The van der Waals surface area contributed by atoms with E-state index in [9.17, 15) is 4.79 Å². The Labute approximate surface area is 160 Å². The molecule has 27 heavy (non-hydrogen) atoms. The molecule has 2 fully saturated rings. The lowest BCUT2D eigenvalue weighted by molar-refractivity contribution is -0.118. The highest BCUT2D eigenvalue weighted by molar-refractivity contribution is 5.91. The van der Waals surface area contributed by atoms with Crippen molar-refractivity contribution in [3.8, 4) is 11.4 Å². The fourth-order valence-electron chi connectivity index (χ4n) is 5.94. The highest BCUT2D eigenvalue weighted by Gasteiger charge is 2.54. The zero-order valence-corrected chi connectivity index (χ0v) is 16.1. The van der Waals surface area contributed by atoms with Crippen LogP contribution >= 0.6 is 0 Å². The largest absolute Gasteiger partial charge is 0.278 e. The van der Waals surface area contributed by atoms with Crippen LogP contribution < -0.4 is 4.90 Å². The number of fused-ring (bicyclic) bond motifs is 4. The normalized spacial score (nSPS) is 26.5. The summed E-state index contributed by atoms with van der Waals surface area (Å²) >= 11 is 0. The van der Waals surface area contributed by atoms with Crippen molar-refractivity contribution in [2.45, 2.75) is 76.3 Å². The van der Waals surface area contributed by atoms with Gasteiger partial charge < -0.3 is 0 Å². The molecular weight excluding hydrogens is 336 g/mol. The first-order valence-electron chi connectivity index (χ1n) is 10.5. The molecule has 2 aliphatic carbocycles. The van der Waals surface area contributed by atoms with Gasteiger partial charge in [-0.25, -0.2) is 4.68 Å². The Bertz CT molecular complexity index is 837. The van der Waals surface area contributed by atoms with Gasteiger partial charge in [0.15, 0.2) is 5.82 Å². The molecule has 1 spiro atoms. The number of anilines is 1. The van der Waals surface area contributed by atoms with Gasteiger partial charge in [0.05, 0.1) is 5.54 Å². The van der Waals surface area contributed by atoms with Crippen molar-refractivity contribution in [2.75, 3.05) is 4.90 Å². The molecular formula is C22H28N4O. The SMILES string of the molecule is CC(=O)N1c2nc(-c3ccccc3)nn2C2(CCCCC2)[C@@H]2CCCC[C@@H]21. The molecule has 2 heterocycles. The third kappa shape index (κ3) is 2.54. The molecule has 0 radical (unpaired) electrons. The second kappa shape index (κ2) is 6.47. The second-order valence-corrected chi connectivity index (χ2v) is 8.52. The molecule has 0 N–H and O–H groups in total. The summed E-state index contributed by atoms with van der Waals surface area (Å²) in [5.74, 6) is 2.14. The first-order chi connectivity index (χ1) is 13.2. The highest BCUT2D eigenvalue weighted by Crippen LogP contribution is 2.53. The first kappa shape index (κ1) is 17.0. The van der Waals surface area contributed by atoms with Crippen LogP contribution in [0.4, 0.5) is 5.95 Å². The van der Waals surface area contributed by atoms with Crippen LogP contribution in [0.25, 0.3) is 11.4 Å². The number of rotatable bonds is 1. The zero-order valence-electron chi connectivity index (χ0n) is 16.1. The Kier molecular flexibility index (Phi) is 4.06. The Morgan fingerprint density at radius 2 is 1.78 bits per heavy atom. The Morgan fingerprint density at radius 1 is 1.04 bits per heavy atom. The quantitative estimate of drug-likeness (QED) is 0.747. The molecule has 1 aliphatic heterocycles. The van der Waals surface area contributed by atoms with E-state index in [0.29, 0.717) is 5.92 Å². The number of carbonyl (C=O) groups is 1. The molecule has 1 amide bonds. The number of nitrogens with zero attached hydrogens (tertiary/aromatic N) is 4. The summed E-state index contributed by atoms with van der Waals surface area (Å²) in [7, 11) is 0. The van der Waals surface area contributed by atoms with Crippen LogP contribution in [0.3, 0.4) is 0 Å². The van der Waals surface area contributed by atoms with Gasteiger partial charge >= 0.3 is 0 Å². The zero-order chi connectivity index (χ0) is 18.4. The standard InChI is InChI=1S/C22H28N4O/c1-16(27)25-19-13-7-6-12-18(19)22(14-8-3-9-15-22)26-21(25)23-20(24-26)17-10-4-2-5-11-17/h2,4-5,10-11,18-19H,3,6-9,12-15H2,1H3/t18-,19+/m1/s1. The molecule has 0 unspecified atom stereocenters.